The van der Waals surface area contributed by atoms with Gasteiger partial charge >= 0.3 is 0 Å². The Hall–Kier alpha value is -1.55. The molecule has 5 heteroatoms. The summed E-state index contributed by atoms with van der Waals surface area (Å²) in [4.78, 5) is 15.5. The summed E-state index contributed by atoms with van der Waals surface area (Å²) in [5.74, 6) is 0.764. The Morgan fingerprint density at radius 2 is 2.28 bits per heavy atom. The topological polar surface area (TPSA) is 60.9 Å². The SMILES string of the molecule is Cc1ccc2nc(CCl)n(C(C)CC(N)=O)c2c1. The molecule has 0 saturated carbocycles. The van der Waals surface area contributed by atoms with Crippen LogP contribution in [0.15, 0.2) is 18.2 Å². The number of fused-ring (bicyclic) bond motifs is 1. The van der Waals surface area contributed by atoms with Gasteiger partial charge in [0, 0.05) is 12.5 Å². The number of aryl methyl sites for hydroxylation is 1. The maximum absolute atomic E-state index is 11.1. The first-order valence-electron chi connectivity index (χ1n) is 5.84. The van der Waals surface area contributed by atoms with Crippen molar-refractivity contribution in [1.82, 2.24) is 9.55 Å². The molecule has 2 N–H and O–H groups in total. The van der Waals surface area contributed by atoms with Gasteiger partial charge in [-0.2, -0.15) is 0 Å². The zero-order valence-corrected chi connectivity index (χ0v) is 11.2. The molecule has 2 rings (SSSR count). The van der Waals surface area contributed by atoms with E-state index in [0.29, 0.717) is 5.88 Å². The number of imidazole rings is 1. The highest BCUT2D eigenvalue weighted by Crippen LogP contribution is 2.24. The summed E-state index contributed by atoms with van der Waals surface area (Å²) in [5.41, 5.74) is 8.30. The third-order valence-corrected chi connectivity index (χ3v) is 3.21. The van der Waals surface area contributed by atoms with Crippen LogP contribution in [0.4, 0.5) is 0 Å². The van der Waals surface area contributed by atoms with E-state index in [1.54, 1.807) is 0 Å². The predicted octanol–water partition coefficient (Wildman–Crippen LogP) is 2.52. The Morgan fingerprint density at radius 1 is 1.56 bits per heavy atom. The van der Waals surface area contributed by atoms with Gasteiger partial charge in [-0.25, -0.2) is 4.98 Å². The van der Waals surface area contributed by atoms with E-state index in [9.17, 15) is 4.79 Å². The molecule has 0 spiro atoms. The van der Waals surface area contributed by atoms with Crippen LogP contribution >= 0.6 is 11.6 Å². The quantitative estimate of drug-likeness (QED) is 0.864. The minimum Gasteiger partial charge on any atom is -0.370 e. The van der Waals surface area contributed by atoms with Crippen molar-refractivity contribution in [2.45, 2.75) is 32.2 Å². The first-order chi connectivity index (χ1) is 8.52. The molecule has 0 bridgehead atoms. The number of nitrogens with zero attached hydrogens (tertiary/aromatic N) is 2. The maximum atomic E-state index is 11.1. The maximum Gasteiger partial charge on any atom is 0.219 e. The average Bonchev–Trinajstić information content (AvgIpc) is 2.65. The fourth-order valence-corrected chi connectivity index (χ4v) is 2.41. The summed E-state index contributed by atoms with van der Waals surface area (Å²) in [6.07, 6.45) is 0.281. The number of halogens is 1. The number of carbonyl (C=O) groups is 1. The lowest BCUT2D eigenvalue weighted by Gasteiger charge is -2.15. The molecule has 1 unspecified atom stereocenters. The molecule has 0 saturated heterocycles. The normalized spacial score (nSPS) is 12.8. The van der Waals surface area contributed by atoms with Gasteiger partial charge in [0.2, 0.25) is 5.91 Å². The lowest BCUT2D eigenvalue weighted by molar-refractivity contribution is -0.118. The van der Waals surface area contributed by atoms with Crippen molar-refractivity contribution in [3.05, 3.63) is 29.6 Å². The summed E-state index contributed by atoms with van der Waals surface area (Å²) >= 11 is 5.92. The Kier molecular flexibility index (Phi) is 3.57. The summed E-state index contributed by atoms with van der Waals surface area (Å²) in [6, 6.07) is 5.99. The molecule has 18 heavy (non-hydrogen) atoms. The molecular weight excluding hydrogens is 250 g/mol. The van der Waals surface area contributed by atoms with Gasteiger partial charge in [0.05, 0.1) is 16.9 Å². The number of hydrogen-bond acceptors (Lipinski definition) is 2. The minimum atomic E-state index is -0.322. The Labute approximate surface area is 111 Å². The minimum absolute atomic E-state index is 0.0388. The van der Waals surface area contributed by atoms with Crippen LogP contribution in [-0.2, 0) is 10.7 Å². The molecule has 0 aliphatic rings. The van der Waals surface area contributed by atoms with Gasteiger partial charge in [-0.15, -0.1) is 11.6 Å². The lowest BCUT2D eigenvalue weighted by Crippen LogP contribution is -2.18. The molecule has 1 aromatic carbocycles. The van der Waals surface area contributed by atoms with E-state index < -0.39 is 0 Å². The average molecular weight is 266 g/mol. The molecule has 2 aromatic rings. The monoisotopic (exact) mass is 265 g/mol. The first-order valence-corrected chi connectivity index (χ1v) is 6.38. The number of primary amides is 1. The van der Waals surface area contributed by atoms with Crippen molar-refractivity contribution in [2.24, 2.45) is 5.73 Å². The molecule has 0 aliphatic carbocycles. The van der Waals surface area contributed by atoms with Gasteiger partial charge in [-0.1, -0.05) is 6.07 Å². The molecule has 4 nitrogen and oxygen atoms in total. The lowest BCUT2D eigenvalue weighted by atomic mass is 10.2. The molecule has 96 valence electrons. The van der Waals surface area contributed by atoms with Gasteiger partial charge in [-0.3, -0.25) is 4.79 Å². The number of amides is 1. The predicted molar refractivity (Wildman–Crippen MR) is 72.5 cm³/mol. The molecule has 1 amide bonds. The second-order valence-electron chi connectivity index (χ2n) is 4.54. The third-order valence-electron chi connectivity index (χ3n) is 2.97. The van der Waals surface area contributed by atoms with E-state index in [1.165, 1.54) is 0 Å². The van der Waals surface area contributed by atoms with E-state index in [2.05, 4.69) is 11.1 Å². The molecule has 0 radical (unpaired) electrons. The van der Waals surface area contributed by atoms with Crippen molar-refractivity contribution < 1.29 is 4.79 Å². The van der Waals surface area contributed by atoms with Crippen molar-refractivity contribution in [3.63, 3.8) is 0 Å². The summed E-state index contributed by atoms with van der Waals surface area (Å²) in [7, 11) is 0. The number of benzene rings is 1. The molecule has 0 fully saturated rings. The highest BCUT2D eigenvalue weighted by atomic mass is 35.5. The number of rotatable bonds is 4. The second-order valence-corrected chi connectivity index (χ2v) is 4.81. The van der Waals surface area contributed by atoms with Gasteiger partial charge in [-0.05, 0) is 31.5 Å². The van der Waals surface area contributed by atoms with Crippen LogP contribution in [0, 0.1) is 6.92 Å². The molecule has 0 aliphatic heterocycles. The van der Waals surface area contributed by atoms with Gasteiger partial charge in [0.1, 0.15) is 5.82 Å². The number of hydrogen-bond donors (Lipinski definition) is 1. The molecule has 1 atom stereocenters. The Morgan fingerprint density at radius 3 is 2.89 bits per heavy atom. The molecular formula is C13H16ClN3O. The van der Waals surface area contributed by atoms with Crippen molar-refractivity contribution in [1.29, 1.82) is 0 Å². The van der Waals surface area contributed by atoms with Gasteiger partial charge < -0.3 is 10.3 Å². The summed E-state index contributed by atoms with van der Waals surface area (Å²) in [6.45, 7) is 3.97. The number of aromatic nitrogens is 2. The summed E-state index contributed by atoms with van der Waals surface area (Å²) in [5, 5.41) is 0. The van der Waals surface area contributed by atoms with Crippen LogP contribution in [0.1, 0.15) is 30.8 Å². The standard InChI is InChI=1S/C13H16ClN3O/c1-8-3-4-10-11(5-8)17(13(7-14)16-10)9(2)6-12(15)18/h3-5,9H,6-7H2,1-2H3,(H2,15,18). The van der Waals surface area contributed by atoms with E-state index in [4.69, 9.17) is 17.3 Å². The highest BCUT2D eigenvalue weighted by molar-refractivity contribution is 6.16. The number of alkyl halides is 1. The van der Waals surface area contributed by atoms with Gasteiger partial charge in [0.15, 0.2) is 0 Å². The van der Waals surface area contributed by atoms with Crippen LogP contribution in [0.2, 0.25) is 0 Å². The van der Waals surface area contributed by atoms with Crippen molar-refractivity contribution in [2.75, 3.05) is 0 Å². The van der Waals surface area contributed by atoms with Crippen molar-refractivity contribution in [3.8, 4) is 0 Å². The van der Waals surface area contributed by atoms with Crippen LogP contribution < -0.4 is 5.73 Å². The van der Waals surface area contributed by atoms with E-state index in [-0.39, 0.29) is 18.4 Å². The van der Waals surface area contributed by atoms with E-state index in [1.807, 2.05) is 30.5 Å². The van der Waals surface area contributed by atoms with E-state index >= 15 is 0 Å². The van der Waals surface area contributed by atoms with Crippen LogP contribution in [0.3, 0.4) is 0 Å². The van der Waals surface area contributed by atoms with Crippen LogP contribution in [0.5, 0.6) is 0 Å². The number of carbonyl (C=O) groups excluding carboxylic acids is 1. The fraction of sp³-hybridized carbons (Fsp3) is 0.385. The zero-order chi connectivity index (χ0) is 13.3. The molecule has 1 aromatic heterocycles. The zero-order valence-electron chi connectivity index (χ0n) is 10.5. The molecule has 1 heterocycles. The van der Waals surface area contributed by atoms with Gasteiger partial charge in [0.25, 0.3) is 0 Å². The second kappa shape index (κ2) is 4.98. The van der Waals surface area contributed by atoms with E-state index in [0.717, 1.165) is 22.4 Å². The van der Waals surface area contributed by atoms with Crippen molar-refractivity contribution >= 4 is 28.5 Å². The largest absolute Gasteiger partial charge is 0.370 e. The van der Waals surface area contributed by atoms with Crippen LogP contribution in [-0.4, -0.2) is 15.5 Å². The fourth-order valence-electron chi connectivity index (χ4n) is 2.22. The smallest absolute Gasteiger partial charge is 0.219 e. The highest BCUT2D eigenvalue weighted by Gasteiger charge is 2.16. The Bertz CT molecular complexity index is 591. The Balaban J connectivity index is 2.58. The summed E-state index contributed by atoms with van der Waals surface area (Å²) < 4.78 is 2.00. The van der Waals surface area contributed by atoms with Crippen LogP contribution in [0.25, 0.3) is 11.0 Å². The number of nitrogens with two attached hydrogens (primary N) is 1. The third kappa shape index (κ3) is 2.34. The first kappa shape index (κ1) is 12.9.